The van der Waals surface area contributed by atoms with E-state index in [0.717, 1.165) is 35.5 Å². The Kier molecular flexibility index (Phi) is 23.6. The van der Waals surface area contributed by atoms with Gasteiger partial charge in [0, 0.05) is 0 Å². The first-order valence-electron chi connectivity index (χ1n) is 14.9. The van der Waals surface area contributed by atoms with Crippen LogP contribution in [-0.2, 0) is 0 Å². The highest BCUT2D eigenvalue weighted by molar-refractivity contribution is 5.18. The second kappa shape index (κ2) is 22.7. The predicted molar refractivity (Wildman–Crippen MR) is 160 cm³/mol. The predicted octanol–water partition coefficient (Wildman–Crippen LogP) is 12.2. The van der Waals surface area contributed by atoms with E-state index in [1.807, 2.05) is 0 Å². The topological polar surface area (TPSA) is 0 Å². The van der Waals surface area contributed by atoms with Crippen LogP contribution < -0.4 is 0 Å². The Hall–Kier alpha value is -0.780. The zero-order valence-electron chi connectivity index (χ0n) is 25.8. The monoisotopic (exact) mass is 475 g/mol. The van der Waals surface area contributed by atoms with Crippen LogP contribution in [0.4, 0.5) is 0 Å². The number of hydrogen-bond donors (Lipinski definition) is 0. The molecular weight excluding hydrogens is 408 g/mol. The van der Waals surface area contributed by atoms with Crippen LogP contribution in [-0.4, -0.2) is 0 Å². The van der Waals surface area contributed by atoms with Crippen molar-refractivity contribution in [3.05, 3.63) is 35.9 Å². The van der Waals surface area contributed by atoms with E-state index in [9.17, 15) is 0 Å². The summed E-state index contributed by atoms with van der Waals surface area (Å²) in [6.07, 6.45) is 13.1. The van der Waals surface area contributed by atoms with Gasteiger partial charge in [-0.2, -0.15) is 0 Å². The van der Waals surface area contributed by atoms with Crippen molar-refractivity contribution in [1.82, 2.24) is 0 Å². The third kappa shape index (κ3) is 24.3. The minimum absolute atomic E-state index is 0.677. The van der Waals surface area contributed by atoms with Crippen LogP contribution in [0.2, 0.25) is 0 Å². The molecule has 0 N–H and O–H groups in total. The molecule has 0 saturated heterocycles. The molecule has 0 heteroatoms. The van der Waals surface area contributed by atoms with Crippen LogP contribution in [0.15, 0.2) is 30.3 Å². The van der Waals surface area contributed by atoms with Gasteiger partial charge in [-0.3, -0.25) is 0 Å². The largest absolute Gasteiger partial charge is 0.0654 e. The van der Waals surface area contributed by atoms with Gasteiger partial charge in [-0.05, 0) is 59.8 Å². The zero-order valence-corrected chi connectivity index (χ0v) is 25.8. The van der Waals surface area contributed by atoms with E-state index >= 15 is 0 Å². The van der Waals surface area contributed by atoms with E-state index < -0.39 is 0 Å². The van der Waals surface area contributed by atoms with Gasteiger partial charge in [-0.1, -0.05) is 158 Å². The molecule has 1 saturated carbocycles. The fourth-order valence-corrected chi connectivity index (χ4v) is 4.75. The summed E-state index contributed by atoms with van der Waals surface area (Å²) in [4.78, 5) is 0. The summed E-state index contributed by atoms with van der Waals surface area (Å²) in [6, 6.07) is 10.7. The molecule has 1 aromatic carbocycles. The van der Waals surface area contributed by atoms with Crippen LogP contribution in [0.5, 0.6) is 0 Å². The second-order valence-electron chi connectivity index (χ2n) is 12.8. The number of hydrogen-bond acceptors (Lipinski definition) is 0. The van der Waals surface area contributed by atoms with Gasteiger partial charge in [0.05, 0.1) is 0 Å². The summed E-state index contributed by atoms with van der Waals surface area (Å²) in [6.45, 7) is 27.3. The lowest BCUT2D eigenvalue weighted by atomic mass is 9.84. The second-order valence-corrected chi connectivity index (χ2v) is 12.8. The summed E-state index contributed by atoms with van der Waals surface area (Å²) in [5.74, 6) is 6.06. The van der Waals surface area contributed by atoms with E-state index in [4.69, 9.17) is 0 Å². The van der Waals surface area contributed by atoms with Crippen molar-refractivity contribution in [2.75, 3.05) is 0 Å². The minimum atomic E-state index is 0.677. The van der Waals surface area contributed by atoms with Crippen molar-refractivity contribution in [2.24, 2.45) is 35.5 Å². The van der Waals surface area contributed by atoms with E-state index in [1.54, 1.807) is 0 Å². The Morgan fingerprint density at radius 3 is 1.44 bits per heavy atom. The van der Waals surface area contributed by atoms with Crippen molar-refractivity contribution in [2.45, 2.75) is 147 Å². The first kappa shape index (κ1) is 35.4. The molecule has 0 heterocycles. The molecule has 1 aliphatic carbocycles. The lowest BCUT2D eigenvalue weighted by Crippen LogP contribution is -2.08. The molecule has 34 heavy (non-hydrogen) atoms. The molecule has 1 fully saturated rings. The lowest BCUT2D eigenvalue weighted by molar-refractivity contribution is 0.305. The minimum Gasteiger partial charge on any atom is -0.0654 e. The molecule has 0 aromatic heterocycles. The molecule has 0 radical (unpaired) electrons. The molecular formula is C34H66. The van der Waals surface area contributed by atoms with Crippen LogP contribution >= 0.6 is 0 Å². The molecule has 2 rings (SSSR count). The Labute approximate surface area is 218 Å². The van der Waals surface area contributed by atoms with Gasteiger partial charge in [-0.25, -0.2) is 0 Å². The highest BCUT2D eigenvalue weighted by Crippen LogP contribution is 2.28. The van der Waals surface area contributed by atoms with Crippen molar-refractivity contribution in [3.8, 4) is 0 Å². The molecule has 0 nitrogen and oxygen atoms in total. The summed E-state index contributed by atoms with van der Waals surface area (Å²) in [5.41, 5.74) is 1.45. The van der Waals surface area contributed by atoms with Crippen molar-refractivity contribution < 1.29 is 0 Å². The maximum absolute atomic E-state index is 2.34. The van der Waals surface area contributed by atoms with Crippen LogP contribution in [0.1, 0.15) is 152 Å². The van der Waals surface area contributed by atoms with E-state index in [-0.39, 0.29) is 0 Å². The van der Waals surface area contributed by atoms with Gasteiger partial charge >= 0.3 is 0 Å². The van der Waals surface area contributed by atoms with Gasteiger partial charge in [0.25, 0.3) is 0 Å². The maximum Gasteiger partial charge on any atom is -0.0167 e. The SMILES string of the molecule is CC(C)C(C)c1ccccc1.CC(C)CC(C)C.CC(C)CC1CCCCC1.CCCC(C)C. The quantitative estimate of drug-likeness (QED) is 0.351. The molecule has 0 amide bonds. The molecule has 0 aliphatic heterocycles. The van der Waals surface area contributed by atoms with Gasteiger partial charge in [0.15, 0.2) is 0 Å². The third-order valence-electron chi connectivity index (χ3n) is 6.66. The lowest BCUT2D eigenvalue weighted by Gasteiger charge is -2.22. The summed E-state index contributed by atoms with van der Waals surface area (Å²) >= 11 is 0. The normalized spacial score (nSPS) is 14.9. The Bertz CT molecular complexity index is 496. The molecule has 1 aliphatic rings. The highest BCUT2D eigenvalue weighted by atomic mass is 14.2. The van der Waals surface area contributed by atoms with Gasteiger partial charge in [0.2, 0.25) is 0 Å². The Morgan fingerprint density at radius 1 is 0.647 bits per heavy atom. The third-order valence-corrected chi connectivity index (χ3v) is 6.66. The van der Waals surface area contributed by atoms with E-state index in [2.05, 4.69) is 113 Å². The van der Waals surface area contributed by atoms with Gasteiger partial charge < -0.3 is 0 Å². The highest BCUT2D eigenvalue weighted by Gasteiger charge is 2.13. The zero-order chi connectivity index (χ0) is 26.5. The average Bonchev–Trinajstić information content (AvgIpc) is 2.74. The molecule has 1 unspecified atom stereocenters. The molecule has 0 bridgehead atoms. The Morgan fingerprint density at radius 2 is 1.15 bits per heavy atom. The van der Waals surface area contributed by atoms with Crippen LogP contribution in [0.25, 0.3) is 0 Å². The van der Waals surface area contributed by atoms with E-state index in [0.29, 0.717) is 5.92 Å². The van der Waals surface area contributed by atoms with Gasteiger partial charge in [-0.15, -0.1) is 0 Å². The maximum atomic E-state index is 2.34. The van der Waals surface area contributed by atoms with Crippen LogP contribution in [0.3, 0.4) is 0 Å². The van der Waals surface area contributed by atoms with Gasteiger partial charge in [0.1, 0.15) is 0 Å². The first-order chi connectivity index (χ1) is 15.9. The van der Waals surface area contributed by atoms with Crippen molar-refractivity contribution >= 4 is 0 Å². The molecule has 202 valence electrons. The average molecular weight is 475 g/mol. The fourth-order valence-electron chi connectivity index (χ4n) is 4.75. The smallest absolute Gasteiger partial charge is 0.0167 e. The van der Waals surface area contributed by atoms with Crippen LogP contribution in [0, 0.1) is 35.5 Å². The van der Waals surface area contributed by atoms with E-state index in [1.165, 1.54) is 63.4 Å². The summed E-state index contributed by atoms with van der Waals surface area (Å²) in [5, 5.41) is 0. The Balaban J connectivity index is 0. The first-order valence-corrected chi connectivity index (χ1v) is 14.9. The summed E-state index contributed by atoms with van der Waals surface area (Å²) < 4.78 is 0. The standard InChI is InChI=1S/C11H16.C10H20.C7H16.C6H14/c1-9(2)10(3)11-7-5-4-6-8-11;1-9(2)8-10-6-4-3-5-7-10;1-6(2)5-7(3)4;1-4-5-6(2)3/h4-10H,1-3H3;9-10H,3-8H2,1-2H3;6-7H,5H2,1-4H3;6H,4-5H2,1-3H3. The molecule has 1 aromatic rings. The van der Waals surface area contributed by atoms with Crippen molar-refractivity contribution in [1.29, 1.82) is 0 Å². The van der Waals surface area contributed by atoms with Crippen molar-refractivity contribution in [3.63, 3.8) is 0 Å². The summed E-state index contributed by atoms with van der Waals surface area (Å²) in [7, 11) is 0. The fraction of sp³-hybridized carbons (Fsp3) is 0.824. The molecule has 0 spiro atoms. The number of benzene rings is 1. The molecule has 1 atom stereocenters. The number of rotatable bonds is 8.